The lowest BCUT2D eigenvalue weighted by atomic mass is 10.2. The number of rotatable bonds is 6. The molecular formula is C16H15BrClNO3. The van der Waals surface area contributed by atoms with E-state index in [1.54, 1.807) is 18.2 Å². The van der Waals surface area contributed by atoms with Crippen LogP contribution in [-0.2, 0) is 6.61 Å². The zero-order chi connectivity index (χ0) is 16.1. The minimum absolute atomic E-state index is 0.286. The van der Waals surface area contributed by atoms with Gasteiger partial charge in [0.1, 0.15) is 6.61 Å². The Morgan fingerprint density at radius 2 is 2.00 bits per heavy atom. The molecule has 0 aliphatic rings. The van der Waals surface area contributed by atoms with Crippen LogP contribution < -0.4 is 15.2 Å². The summed E-state index contributed by atoms with van der Waals surface area (Å²) < 4.78 is 11.9. The minimum atomic E-state index is -0.528. The number of carbonyl (C=O) groups is 1. The van der Waals surface area contributed by atoms with Gasteiger partial charge in [-0.25, -0.2) is 0 Å². The normalized spacial score (nSPS) is 10.3. The fourth-order valence-electron chi connectivity index (χ4n) is 1.88. The topological polar surface area (TPSA) is 61.5 Å². The lowest BCUT2D eigenvalue weighted by molar-refractivity contribution is 0.0999. The second kappa shape index (κ2) is 7.51. The third kappa shape index (κ3) is 3.93. The Hall–Kier alpha value is -1.72. The monoisotopic (exact) mass is 383 g/mol. The van der Waals surface area contributed by atoms with E-state index < -0.39 is 5.91 Å². The molecule has 0 atom stereocenters. The highest BCUT2D eigenvalue weighted by atomic mass is 79.9. The van der Waals surface area contributed by atoms with Crippen LogP contribution in [0.2, 0.25) is 5.02 Å². The van der Waals surface area contributed by atoms with E-state index in [0.29, 0.717) is 33.2 Å². The number of ether oxygens (including phenoxy) is 2. The number of benzene rings is 2. The van der Waals surface area contributed by atoms with E-state index in [0.717, 1.165) is 5.56 Å². The lowest BCUT2D eigenvalue weighted by Crippen LogP contribution is -2.12. The summed E-state index contributed by atoms with van der Waals surface area (Å²) in [5, 5.41) is 0.630. The highest BCUT2D eigenvalue weighted by molar-refractivity contribution is 9.10. The first kappa shape index (κ1) is 16.6. The van der Waals surface area contributed by atoms with Crippen molar-refractivity contribution in [1.82, 2.24) is 0 Å². The Balaban J connectivity index is 2.29. The second-order valence-corrected chi connectivity index (χ2v) is 5.72. The van der Waals surface area contributed by atoms with Crippen LogP contribution in [0.3, 0.4) is 0 Å². The third-order valence-corrected chi connectivity index (χ3v) is 3.88. The second-order valence-electron chi connectivity index (χ2n) is 4.46. The van der Waals surface area contributed by atoms with Crippen molar-refractivity contribution in [3.05, 3.63) is 57.0 Å². The van der Waals surface area contributed by atoms with Crippen molar-refractivity contribution >= 4 is 33.4 Å². The Labute approximate surface area is 142 Å². The van der Waals surface area contributed by atoms with Gasteiger partial charge < -0.3 is 15.2 Å². The molecule has 0 saturated carbocycles. The maximum atomic E-state index is 11.3. The third-order valence-electron chi connectivity index (χ3n) is 2.92. The summed E-state index contributed by atoms with van der Waals surface area (Å²) >= 11 is 9.50. The first-order valence-electron chi connectivity index (χ1n) is 6.65. The Bertz CT molecular complexity index is 691. The lowest BCUT2D eigenvalue weighted by Gasteiger charge is -2.15. The van der Waals surface area contributed by atoms with Gasteiger partial charge in [0.15, 0.2) is 11.5 Å². The van der Waals surface area contributed by atoms with Gasteiger partial charge in [-0.05, 0) is 41.1 Å². The molecule has 0 unspecified atom stereocenters. The van der Waals surface area contributed by atoms with Crippen molar-refractivity contribution < 1.29 is 14.3 Å². The molecule has 2 aromatic rings. The van der Waals surface area contributed by atoms with Crippen LogP contribution >= 0.6 is 27.5 Å². The van der Waals surface area contributed by atoms with Crippen LogP contribution in [0.5, 0.6) is 11.5 Å². The van der Waals surface area contributed by atoms with E-state index in [9.17, 15) is 4.79 Å². The Morgan fingerprint density at radius 1 is 1.27 bits per heavy atom. The quantitative estimate of drug-likeness (QED) is 0.812. The predicted molar refractivity (Wildman–Crippen MR) is 89.6 cm³/mol. The van der Waals surface area contributed by atoms with Crippen LogP contribution in [0.25, 0.3) is 0 Å². The number of halogens is 2. The van der Waals surface area contributed by atoms with Gasteiger partial charge >= 0.3 is 0 Å². The maximum absolute atomic E-state index is 11.3. The first-order chi connectivity index (χ1) is 10.5. The fraction of sp³-hybridized carbons (Fsp3) is 0.188. The van der Waals surface area contributed by atoms with Crippen molar-refractivity contribution in [3.63, 3.8) is 0 Å². The number of nitrogens with two attached hydrogens (primary N) is 1. The molecule has 116 valence electrons. The van der Waals surface area contributed by atoms with E-state index in [1.165, 1.54) is 0 Å². The van der Waals surface area contributed by atoms with Crippen LogP contribution in [0.4, 0.5) is 0 Å². The van der Waals surface area contributed by atoms with Gasteiger partial charge in [-0.1, -0.05) is 29.8 Å². The number of carbonyl (C=O) groups excluding carboxylic acids is 1. The number of primary amides is 1. The predicted octanol–water partition coefficient (Wildman–Crippen LogP) is 4.18. The molecule has 22 heavy (non-hydrogen) atoms. The molecule has 2 N–H and O–H groups in total. The maximum Gasteiger partial charge on any atom is 0.248 e. The molecule has 2 aromatic carbocycles. The zero-order valence-corrected chi connectivity index (χ0v) is 14.3. The van der Waals surface area contributed by atoms with E-state index in [1.807, 2.05) is 25.1 Å². The Morgan fingerprint density at radius 3 is 2.64 bits per heavy atom. The smallest absolute Gasteiger partial charge is 0.248 e. The molecule has 0 spiro atoms. The van der Waals surface area contributed by atoms with Gasteiger partial charge in [0.05, 0.1) is 11.1 Å². The average Bonchev–Trinajstić information content (AvgIpc) is 2.48. The van der Waals surface area contributed by atoms with Crippen LogP contribution in [0.1, 0.15) is 22.8 Å². The minimum Gasteiger partial charge on any atom is -0.490 e. The Kier molecular flexibility index (Phi) is 5.69. The van der Waals surface area contributed by atoms with E-state index in [2.05, 4.69) is 15.9 Å². The molecule has 0 radical (unpaired) electrons. The molecule has 4 nitrogen and oxygen atoms in total. The SMILES string of the molecule is CCOc1cc(C(N)=O)cc(Br)c1OCc1ccccc1Cl. The average molecular weight is 385 g/mol. The van der Waals surface area contributed by atoms with Crippen molar-refractivity contribution in [2.24, 2.45) is 5.73 Å². The van der Waals surface area contributed by atoms with Crippen molar-refractivity contribution in [2.45, 2.75) is 13.5 Å². The molecule has 2 rings (SSSR count). The van der Waals surface area contributed by atoms with Crippen molar-refractivity contribution in [2.75, 3.05) is 6.61 Å². The summed E-state index contributed by atoms with van der Waals surface area (Å²) in [6.07, 6.45) is 0. The van der Waals surface area contributed by atoms with Crippen LogP contribution in [-0.4, -0.2) is 12.5 Å². The molecule has 0 aromatic heterocycles. The molecule has 0 fully saturated rings. The summed E-state index contributed by atoms with van der Waals surface area (Å²) in [5.74, 6) is 0.434. The van der Waals surface area contributed by atoms with Crippen LogP contribution in [0.15, 0.2) is 40.9 Å². The van der Waals surface area contributed by atoms with Gasteiger partial charge in [-0.3, -0.25) is 4.79 Å². The van der Waals surface area contributed by atoms with E-state index in [4.69, 9.17) is 26.8 Å². The molecule has 6 heteroatoms. The highest BCUT2D eigenvalue weighted by Gasteiger charge is 2.15. The van der Waals surface area contributed by atoms with Gasteiger partial charge in [0.2, 0.25) is 5.91 Å². The molecule has 0 aliphatic carbocycles. The van der Waals surface area contributed by atoms with E-state index in [-0.39, 0.29) is 6.61 Å². The molecule has 0 saturated heterocycles. The molecule has 0 bridgehead atoms. The van der Waals surface area contributed by atoms with E-state index >= 15 is 0 Å². The zero-order valence-electron chi connectivity index (χ0n) is 11.9. The molecule has 0 aliphatic heterocycles. The highest BCUT2D eigenvalue weighted by Crippen LogP contribution is 2.37. The van der Waals surface area contributed by atoms with Gasteiger partial charge in [0.25, 0.3) is 0 Å². The standard InChI is InChI=1S/C16H15BrClNO3/c1-2-21-14-8-11(16(19)20)7-12(17)15(14)22-9-10-5-3-4-6-13(10)18/h3-8H,2,9H2,1H3,(H2,19,20). The largest absolute Gasteiger partial charge is 0.490 e. The summed E-state index contributed by atoms with van der Waals surface area (Å²) in [4.78, 5) is 11.3. The number of hydrogen-bond acceptors (Lipinski definition) is 3. The van der Waals surface area contributed by atoms with Gasteiger partial charge in [0, 0.05) is 16.1 Å². The fourth-order valence-corrected chi connectivity index (χ4v) is 2.63. The van der Waals surface area contributed by atoms with Gasteiger partial charge in [-0.15, -0.1) is 0 Å². The van der Waals surface area contributed by atoms with Crippen molar-refractivity contribution in [1.29, 1.82) is 0 Å². The molecule has 1 amide bonds. The van der Waals surface area contributed by atoms with Crippen LogP contribution in [0, 0.1) is 0 Å². The summed E-state index contributed by atoms with van der Waals surface area (Å²) in [6.45, 7) is 2.58. The van der Waals surface area contributed by atoms with Crippen molar-refractivity contribution in [3.8, 4) is 11.5 Å². The molecular weight excluding hydrogens is 370 g/mol. The molecule has 0 heterocycles. The summed E-state index contributed by atoms with van der Waals surface area (Å²) in [7, 11) is 0. The van der Waals surface area contributed by atoms with Gasteiger partial charge in [-0.2, -0.15) is 0 Å². The first-order valence-corrected chi connectivity index (χ1v) is 7.82. The number of hydrogen-bond donors (Lipinski definition) is 1. The number of amides is 1. The summed E-state index contributed by atoms with van der Waals surface area (Å²) in [6, 6.07) is 10.6. The summed E-state index contributed by atoms with van der Waals surface area (Å²) in [5.41, 5.74) is 6.52.